The van der Waals surface area contributed by atoms with Crippen molar-refractivity contribution in [2.45, 2.75) is 30.7 Å². The molecule has 2 aliphatic rings. The second-order valence-corrected chi connectivity index (χ2v) is 7.66. The van der Waals surface area contributed by atoms with Crippen LogP contribution in [0.1, 0.15) is 36.3 Å². The summed E-state index contributed by atoms with van der Waals surface area (Å²) in [6, 6.07) is 19.2. The van der Waals surface area contributed by atoms with E-state index in [1.807, 2.05) is 60.7 Å². The third kappa shape index (κ3) is 3.15. The van der Waals surface area contributed by atoms with E-state index in [-0.39, 0.29) is 17.7 Å². The number of rotatable bonds is 6. The van der Waals surface area contributed by atoms with Gasteiger partial charge in [0, 0.05) is 5.92 Å². The minimum atomic E-state index is -1.10. The second kappa shape index (κ2) is 7.11. The zero-order chi connectivity index (χ0) is 19.7. The van der Waals surface area contributed by atoms with Crippen LogP contribution in [0.5, 0.6) is 0 Å². The first kappa shape index (κ1) is 18.2. The highest BCUT2D eigenvalue weighted by Gasteiger charge is 2.57. The Bertz CT molecular complexity index is 854. The highest BCUT2D eigenvalue weighted by molar-refractivity contribution is 6.07. The van der Waals surface area contributed by atoms with Crippen molar-refractivity contribution in [3.63, 3.8) is 0 Å². The fraction of sp³-hybridized carbons (Fsp3) is 0.318. The molecule has 1 heterocycles. The third-order valence-electron chi connectivity index (χ3n) is 6.08. The van der Waals surface area contributed by atoms with Crippen LogP contribution < -0.4 is 10.6 Å². The highest BCUT2D eigenvalue weighted by Crippen LogP contribution is 2.47. The molecule has 3 N–H and O–H groups in total. The molecule has 1 aliphatic heterocycles. The topological polar surface area (TPSA) is 95.5 Å². The van der Waals surface area contributed by atoms with Crippen molar-refractivity contribution in [1.29, 1.82) is 0 Å². The number of benzene rings is 2. The van der Waals surface area contributed by atoms with Gasteiger partial charge in [0.15, 0.2) is 0 Å². The van der Waals surface area contributed by atoms with Crippen LogP contribution in [0.3, 0.4) is 0 Å². The van der Waals surface area contributed by atoms with Gasteiger partial charge in [0.25, 0.3) is 5.91 Å². The number of carboxylic acids is 1. The van der Waals surface area contributed by atoms with Crippen molar-refractivity contribution in [3.05, 3.63) is 71.8 Å². The molecule has 2 fully saturated rings. The third-order valence-corrected chi connectivity index (χ3v) is 6.08. The Morgan fingerprint density at radius 2 is 1.54 bits per heavy atom. The first-order valence-corrected chi connectivity index (χ1v) is 9.46. The molecular formula is C22H22N2O4. The number of carboxylic acid groups (broad SMARTS) is 1. The van der Waals surface area contributed by atoms with Crippen LogP contribution in [-0.2, 0) is 9.59 Å². The van der Waals surface area contributed by atoms with E-state index in [4.69, 9.17) is 0 Å². The van der Waals surface area contributed by atoms with Crippen LogP contribution in [-0.4, -0.2) is 28.6 Å². The van der Waals surface area contributed by atoms with E-state index >= 15 is 0 Å². The van der Waals surface area contributed by atoms with Crippen LogP contribution in [0, 0.1) is 11.8 Å². The van der Waals surface area contributed by atoms with E-state index in [1.165, 1.54) is 0 Å². The van der Waals surface area contributed by atoms with E-state index in [0.717, 1.165) is 11.1 Å². The van der Waals surface area contributed by atoms with Gasteiger partial charge >= 0.3 is 12.0 Å². The average molecular weight is 378 g/mol. The summed E-state index contributed by atoms with van der Waals surface area (Å²) >= 11 is 0. The van der Waals surface area contributed by atoms with Crippen molar-refractivity contribution in [1.82, 2.24) is 10.6 Å². The van der Waals surface area contributed by atoms with Crippen molar-refractivity contribution < 1.29 is 19.5 Å². The molecule has 0 bridgehead atoms. The van der Waals surface area contributed by atoms with E-state index in [1.54, 1.807) is 0 Å². The van der Waals surface area contributed by atoms with Gasteiger partial charge in [-0.05, 0) is 36.3 Å². The smallest absolute Gasteiger partial charge is 0.322 e. The first-order valence-electron chi connectivity index (χ1n) is 9.46. The summed E-state index contributed by atoms with van der Waals surface area (Å²) in [7, 11) is 0. The molecule has 1 saturated carbocycles. The molecule has 1 unspecified atom stereocenters. The lowest BCUT2D eigenvalue weighted by Gasteiger charge is -2.45. The number of hydrogen-bond acceptors (Lipinski definition) is 3. The summed E-state index contributed by atoms with van der Waals surface area (Å²) < 4.78 is 0. The SMILES string of the molecule is O=C1NC(=O)C(CC(c2ccccc2)c2ccccc2)([C@H]2C[C@H](C(=O)O)C2)N1. The maximum absolute atomic E-state index is 12.9. The zero-order valence-corrected chi connectivity index (χ0v) is 15.3. The number of aliphatic carboxylic acids is 1. The molecule has 28 heavy (non-hydrogen) atoms. The summed E-state index contributed by atoms with van der Waals surface area (Å²) in [5, 5.41) is 14.5. The molecule has 6 nitrogen and oxygen atoms in total. The Morgan fingerprint density at radius 1 is 1.00 bits per heavy atom. The van der Waals surface area contributed by atoms with Gasteiger partial charge in [-0.3, -0.25) is 14.9 Å². The molecule has 4 rings (SSSR count). The predicted molar refractivity (Wildman–Crippen MR) is 103 cm³/mol. The molecule has 2 aromatic carbocycles. The Balaban J connectivity index is 1.70. The number of carbonyl (C=O) groups excluding carboxylic acids is 2. The van der Waals surface area contributed by atoms with Gasteiger partial charge in [-0.15, -0.1) is 0 Å². The standard InChI is InChI=1S/C22H22N2O4/c25-19(26)16-11-17(12-16)22(20(27)23-21(28)24-22)13-18(14-7-3-1-4-8-14)15-9-5-2-6-10-15/h1-10,16-18H,11-13H2,(H,25,26)(H2,23,24,27,28)/t16-,17-,22?. The number of urea groups is 1. The summed E-state index contributed by atoms with van der Waals surface area (Å²) in [6.45, 7) is 0. The van der Waals surface area contributed by atoms with Gasteiger partial charge in [0.1, 0.15) is 5.54 Å². The molecule has 1 aliphatic carbocycles. The largest absolute Gasteiger partial charge is 0.481 e. The van der Waals surface area contributed by atoms with Crippen LogP contribution in [0.25, 0.3) is 0 Å². The number of imide groups is 1. The van der Waals surface area contributed by atoms with Crippen molar-refractivity contribution in [3.8, 4) is 0 Å². The lowest BCUT2D eigenvalue weighted by atomic mass is 9.61. The predicted octanol–water partition coefficient (Wildman–Crippen LogP) is 2.90. The van der Waals surface area contributed by atoms with Gasteiger partial charge in [0.05, 0.1) is 5.92 Å². The molecule has 0 spiro atoms. The number of nitrogens with one attached hydrogen (secondary N) is 2. The summed E-state index contributed by atoms with van der Waals surface area (Å²) in [5.41, 5.74) is 1.01. The van der Waals surface area contributed by atoms with Gasteiger partial charge in [0.2, 0.25) is 0 Å². The molecule has 6 heteroatoms. The molecule has 1 saturated heterocycles. The fourth-order valence-electron chi connectivity index (χ4n) is 4.45. The molecule has 2 aromatic rings. The maximum atomic E-state index is 12.9. The number of amides is 3. The van der Waals surface area contributed by atoms with Gasteiger partial charge in [-0.25, -0.2) is 4.79 Å². The van der Waals surface area contributed by atoms with Gasteiger partial charge < -0.3 is 10.4 Å². The molecule has 1 atom stereocenters. The Kier molecular flexibility index (Phi) is 4.63. The fourth-order valence-corrected chi connectivity index (χ4v) is 4.45. The van der Waals surface area contributed by atoms with E-state index < -0.39 is 23.5 Å². The quantitative estimate of drug-likeness (QED) is 0.674. The molecule has 144 valence electrons. The van der Waals surface area contributed by atoms with Crippen LogP contribution in [0.2, 0.25) is 0 Å². The van der Waals surface area contributed by atoms with Crippen molar-refractivity contribution in [2.24, 2.45) is 11.8 Å². The van der Waals surface area contributed by atoms with Crippen LogP contribution in [0.15, 0.2) is 60.7 Å². The Hall–Kier alpha value is -3.15. The van der Waals surface area contributed by atoms with Crippen molar-refractivity contribution >= 4 is 17.9 Å². The van der Waals surface area contributed by atoms with Crippen LogP contribution in [0.4, 0.5) is 4.79 Å². The van der Waals surface area contributed by atoms with E-state index in [2.05, 4.69) is 10.6 Å². The summed E-state index contributed by atoms with van der Waals surface area (Å²) in [5.74, 6) is -1.97. The normalized spacial score (nSPS) is 26.5. The minimum absolute atomic E-state index is 0.101. The van der Waals surface area contributed by atoms with Crippen LogP contribution >= 0.6 is 0 Å². The summed E-state index contributed by atoms with van der Waals surface area (Å²) in [6.07, 6.45) is 1.16. The Morgan fingerprint density at radius 3 is 1.96 bits per heavy atom. The van der Waals surface area contributed by atoms with Crippen molar-refractivity contribution in [2.75, 3.05) is 0 Å². The monoisotopic (exact) mass is 378 g/mol. The molecule has 0 aromatic heterocycles. The Labute approximate surface area is 163 Å². The highest BCUT2D eigenvalue weighted by atomic mass is 16.4. The minimum Gasteiger partial charge on any atom is -0.481 e. The average Bonchev–Trinajstić information content (AvgIpc) is 2.93. The first-order chi connectivity index (χ1) is 13.5. The van der Waals surface area contributed by atoms with Gasteiger partial charge in [-0.2, -0.15) is 0 Å². The van der Waals surface area contributed by atoms with E-state index in [0.29, 0.717) is 19.3 Å². The van der Waals surface area contributed by atoms with E-state index in [9.17, 15) is 19.5 Å². The molecule has 0 radical (unpaired) electrons. The maximum Gasteiger partial charge on any atom is 0.322 e. The molecule has 3 amide bonds. The lowest BCUT2D eigenvalue weighted by Crippen LogP contribution is -2.58. The van der Waals surface area contributed by atoms with Gasteiger partial charge in [-0.1, -0.05) is 60.7 Å². The number of hydrogen-bond donors (Lipinski definition) is 3. The summed E-state index contributed by atoms with van der Waals surface area (Å²) in [4.78, 5) is 36.2. The lowest BCUT2D eigenvalue weighted by molar-refractivity contribution is -0.149. The molecular weight excluding hydrogens is 356 g/mol. The second-order valence-electron chi connectivity index (χ2n) is 7.66. The number of carbonyl (C=O) groups is 3. The zero-order valence-electron chi connectivity index (χ0n) is 15.3.